The molecule has 3 N–H and O–H groups in total. The molecule has 1 amide bonds. The Bertz CT molecular complexity index is 256. The van der Waals surface area contributed by atoms with Crippen LogP contribution in [0.1, 0.15) is 32.6 Å². The molecule has 1 saturated carbocycles. The molecule has 0 bridgehead atoms. The second-order valence-electron chi connectivity index (χ2n) is 5.23. The smallest absolute Gasteiger partial charge is 0.237 e. The van der Waals surface area contributed by atoms with Gasteiger partial charge in [-0.15, -0.1) is 12.4 Å². The molecule has 0 aromatic carbocycles. The standard InChI is InChI=1S/C11H20N2O2.ClH/c1-11(3-2-4-11)7-13-10(15)9-5-8(14)6-12-9;/h8-9,12,14H,2-7H2,1H3,(H,13,15);1H. The third-order valence-corrected chi connectivity index (χ3v) is 3.67. The summed E-state index contributed by atoms with van der Waals surface area (Å²) in [5.74, 6) is 0.0414. The van der Waals surface area contributed by atoms with Gasteiger partial charge in [0.05, 0.1) is 12.1 Å². The number of amides is 1. The lowest BCUT2D eigenvalue weighted by molar-refractivity contribution is -0.123. The van der Waals surface area contributed by atoms with Crippen molar-refractivity contribution in [2.75, 3.05) is 13.1 Å². The summed E-state index contributed by atoms with van der Waals surface area (Å²) < 4.78 is 0. The average molecular weight is 249 g/mol. The van der Waals surface area contributed by atoms with Crippen LogP contribution in [0.4, 0.5) is 0 Å². The number of rotatable bonds is 3. The van der Waals surface area contributed by atoms with Crippen LogP contribution >= 0.6 is 12.4 Å². The quantitative estimate of drug-likeness (QED) is 0.679. The predicted molar refractivity (Wildman–Crippen MR) is 64.6 cm³/mol. The lowest BCUT2D eigenvalue weighted by Crippen LogP contribution is -2.46. The lowest BCUT2D eigenvalue weighted by atomic mass is 9.70. The van der Waals surface area contributed by atoms with Crippen LogP contribution in [0.3, 0.4) is 0 Å². The van der Waals surface area contributed by atoms with Crippen molar-refractivity contribution in [3.8, 4) is 0 Å². The third kappa shape index (κ3) is 3.09. The summed E-state index contributed by atoms with van der Waals surface area (Å²) in [6, 6.07) is -0.191. The molecule has 16 heavy (non-hydrogen) atoms. The van der Waals surface area contributed by atoms with Crippen molar-refractivity contribution >= 4 is 18.3 Å². The molecule has 2 unspecified atom stereocenters. The van der Waals surface area contributed by atoms with Gasteiger partial charge in [-0.3, -0.25) is 4.79 Å². The highest BCUT2D eigenvalue weighted by Gasteiger charge is 2.34. The second kappa shape index (κ2) is 5.34. The Hall–Kier alpha value is -0.320. The highest BCUT2D eigenvalue weighted by molar-refractivity contribution is 5.85. The van der Waals surface area contributed by atoms with Crippen molar-refractivity contribution in [1.29, 1.82) is 0 Å². The SMILES string of the molecule is CC1(CNC(=O)C2CC(O)CN2)CCC1.Cl. The van der Waals surface area contributed by atoms with Crippen molar-refractivity contribution in [3.63, 3.8) is 0 Å². The minimum absolute atomic E-state index is 0. The van der Waals surface area contributed by atoms with Crippen LogP contribution in [0.15, 0.2) is 0 Å². The van der Waals surface area contributed by atoms with Gasteiger partial charge in [-0.1, -0.05) is 13.3 Å². The first-order valence-electron chi connectivity index (χ1n) is 5.78. The zero-order chi connectivity index (χ0) is 10.9. The molecule has 1 aliphatic heterocycles. The summed E-state index contributed by atoms with van der Waals surface area (Å²) in [6.07, 6.45) is 3.90. The molecule has 2 rings (SSSR count). The highest BCUT2D eigenvalue weighted by Crippen LogP contribution is 2.39. The number of hydrogen-bond donors (Lipinski definition) is 3. The first-order valence-corrected chi connectivity index (χ1v) is 5.78. The van der Waals surface area contributed by atoms with E-state index in [9.17, 15) is 9.90 Å². The largest absolute Gasteiger partial charge is 0.392 e. The van der Waals surface area contributed by atoms with Gasteiger partial charge in [-0.2, -0.15) is 0 Å². The van der Waals surface area contributed by atoms with E-state index in [1.165, 1.54) is 19.3 Å². The van der Waals surface area contributed by atoms with E-state index >= 15 is 0 Å². The van der Waals surface area contributed by atoms with E-state index in [0.717, 1.165) is 6.54 Å². The first-order chi connectivity index (χ1) is 7.09. The van der Waals surface area contributed by atoms with Gasteiger partial charge in [0.15, 0.2) is 0 Å². The van der Waals surface area contributed by atoms with Crippen molar-refractivity contribution in [3.05, 3.63) is 0 Å². The van der Waals surface area contributed by atoms with Gasteiger partial charge in [-0.05, 0) is 24.7 Å². The molecule has 0 radical (unpaired) electrons. The van der Waals surface area contributed by atoms with Crippen LogP contribution in [-0.4, -0.2) is 36.2 Å². The fourth-order valence-electron chi connectivity index (χ4n) is 2.30. The molecule has 5 heteroatoms. The Morgan fingerprint density at radius 1 is 1.56 bits per heavy atom. The first kappa shape index (κ1) is 13.7. The maximum Gasteiger partial charge on any atom is 0.237 e. The number of aliphatic hydroxyl groups excluding tert-OH is 1. The van der Waals surface area contributed by atoms with Gasteiger partial charge in [0, 0.05) is 13.1 Å². The summed E-state index contributed by atoms with van der Waals surface area (Å²) in [4.78, 5) is 11.7. The summed E-state index contributed by atoms with van der Waals surface area (Å²) in [5, 5.41) is 15.3. The van der Waals surface area contributed by atoms with Gasteiger partial charge in [0.1, 0.15) is 0 Å². The van der Waals surface area contributed by atoms with Crippen LogP contribution in [0.2, 0.25) is 0 Å². The molecule has 1 aliphatic carbocycles. The fraction of sp³-hybridized carbons (Fsp3) is 0.909. The van der Waals surface area contributed by atoms with Gasteiger partial charge in [-0.25, -0.2) is 0 Å². The molecule has 2 atom stereocenters. The number of carbonyl (C=O) groups is 1. The lowest BCUT2D eigenvalue weighted by Gasteiger charge is -2.38. The van der Waals surface area contributed by atoms with Gasteiger partial charge >= 0.3 is 0 Å². The van der Waals surface area contributed by atoms with Gasteiger partial charge in [0.2, 0.25) is 5.91 Å². The van der Waals surface area contributed by atoms with Crippen molar-refractivity contribution in [1.82, 2.24) is 10.6 Å². The monoisotopic (exact) mass is 248 g/mol. The Labute approximate surface area is 103 Å². The zero-order valence-corrected chi connectivity index (χ0v) is 10.5. The average Bonchev–Trinajstić information content (AvgIpc) is 2.58. The zero-order valence-electron chi connectivity index (χ0n) is 9.66. The highest BCUT2D eigenvalue weighted by atomic mass is 35.5. The number of halogens is 1. The van der Waals surface area contributed by atoms with E-state index in [1.807, 2.05) is 0 Å². The van der Waals surface area contributed by atoms with Crippen molar-refractivity contribution < 1.29 is 9.90 Å². The molecule has 4 nitrogen and oxygen atoms in total. The Balaban J connectivity index is 0.00000128. The van der Waals surface area contributed by atoms with E-state index in [4.69, 9.17) is 0 Å². The normalized spacial score (nSPS) is 31.4. The number of nitrogens with one attached hydrogen (secondary N) is 2. The molecule has 2 fully saturated rings. The molecule has 94 valence electrons. The number of hydrogen-bond acceptors (Lipinski definition) is 3. The van der Waals surface area contributed by atoms with Crippen LogP contribution in [0.5, 0.6) is 0 Å². The maximum atomic E-state index is 11.7. The second-order valence-corrected chi connectivity index (χ2v) is 5.23. The van der Waals surface area contributed by atoms with Crippen LogP contribution < -0.4 is 10.6 Å². The molecule has 0 spiro atoms. The minimum Gasteiger partial charge on any atom is -0.392 e. The summed E-state index contributed by atoms with van der Waals surface area (Å²) in [5.41, 5.74) is 0.326. The Kier molecular flexibility index (Phi) is 4.59. The number of β-amino-alcohol motifs (C(OH)–C–C–N with tert-alkyl or cyclic N) is 1. The van der Waals surface area contributed by atoms with Crippen molar-refractivity contribution in [2.24, 2.45) is 5.41 Å². The number of aliphatic hydroxyl groups is 1. The molecule has 1 saturated heterocycles. The summed E-state index contributed by atoms with van der Waals surface area (Å²) >= 11 is 0. The molecule has 0 aromatic heterocycles. The Morgan fingerprint density at radius 2 is 2.25 bits per heavy atom. The van der Waals surface area contributed by atoms with Crippen molar-refractivity contribution in [2.45, 2.75) is 44.8 Å². The van der Waals surface area contributed by atoms with E-state index < -0.39 is 0 Å². The molecule has 1 heterocycles. The minimum atomic E-state index is -0.361. The van der Waals surface area contributed by atoms with E-state index in [2.05, 4.69) is 17.6 Å². The van der Waals surface area contributed by atoms with E-state index in [1.54, 1.807) is 0 Å². The Morgan fingerprint density at radius 3 is 2.69 bits per heavy atom. The number of carbonyl (C=O) groups excluding carboxylic acids is 1. The molecule has 0 aromatic rings. The van der Waals surface area contributed by atoms with E-state index in [-0.39, 0.29) is 30.5 Å². The third-order valence-electron chi connectivity index (χ3n) is 3.67. The predicted octanol–water partition coefficient (Wildman–Crippen LogP) is 0.437. The molecule has 2 aliphatic rings. The summed E-state index contributed by atoms with van der Waals surface area (Å²) in [7, 11) is 0. The van der Waals surface area contributed by atoms with Gasteiger partial charge < -0.3 is 15.7 Å². The van der Waals surface area contributed by atoms with Crippen LogP contribution in [-0.2, 0) is 4.79 Å². The molecular weight excluding hydrogens is 228 g/mol. The van der Waals surface area contributed by atoms with Gasteiger partial charge in [0.25, 0.3) is 0 Å². The topological polar surface area (TPSA) is 61.4 Å². The van der Waals surface area contributed by atoms with Crippen LogP contribution in [0.25, 0.3) is 0 Å². The maximum absolute atomic E-state index is 11.7. The summed E-state index contributed by atoms with van der Waals surface area (Å²) in [6.45, 7) is 3.53. The fourth-order valence-corrected chi connectivity index (χ4v) is 2.30. The molecular formula is C11H21ClN2O2. The van der Waals surface area contributed by atoms with E-state index in [0.29, 0.717) is 18.4 Å². The van der Waals surface area contributed by atoms with Crippen LogP contribution in [0, 0.1) is 5.41 Å².